The number of hydrogen-bond donors (Lipinski definition) is 1. The third-order valence-electron chi connectivity index (χ3n) is 3.97. The summed E-state index contributed by atoms with van der Waals surface area (Å²) in [5.74, 6) is -1.07. The van der Waals surface area contributed by atoms with Crippen LogP contribution in [0.3, 0.4) is 0 Å². The highest BCUT2D eigenvalue weighted by atomic mass is 31.2. The third kappa shape index (κ3) is 6.21. The molecule has 0 aromatic rings. The quantitative estimate of drug-likeness (QED) is 0.490. The number of hydroxylamine groups is 2. The molecular formula is C17H36NO4P. The van der Waals surface area contributed by atoms with E-state index in [0.717, 1.165) is 0 Å². The highest BCUT2D eigenvalue weighted by Crippen LogP contribution is 2.57. The highest BCUT2D eigenvalue weighted by molar-refractivity contribution is 7.64. The molecule has 0 heterocycles. The fourth-order valence-electron chi connectivity index (χ4n) is 2.82. The minimum atomic E-state index is -2.53. The van der Waals surface area contributed by atoms with E-state index in [2.05, 4.69) is 0 Å². The predicted octanol–water partition coefficient (Wildman–Crippen LogP) is 4.51. The molecule has 0 saturated carbocycles. The average Bonchev–Trinajstić information content (AvgIpc) is 2.35. The molecule has 0 aromatic carbocycles. The summed E-state index contributed by atoms with van der Waals surface area (Å²) in [6, 6.07) is 0. The van der Waals surface area contributed by atoms with Crippen LogP contribution < -0.4 is 0 Å². The summed E-state index contributed by atoms with van der Waals surface area (Å²) in [5, 5.41) is 11.1. The molecule has 1 N–H and O–H groups in total. The number of carboxylic acids is 1. The Morgan fingerprint density at radius 1 is 1.13 bits per heavy atom. The Labute approximate surface area is 142 Å². The zero-order valence-corrected chi connectivity index (χ0v) is 17.2. The Kier molecular flexibility index (Phi) is 8.00. The van der Waals surface area contributed by atoms with E-state index in [-0.39, 0.29) is 17.1 Å². The van der Waals surface area contributed by atoms with Crippen LogP contribution in [-0.2, 0) is 14.2 Å². The highest BCUT2D eigenvalue weighted by Gasteiger charge is 2.46. The summed E-state index contributed by atoms with van der Waals surface area (Å²) >= 11 is 0. The molecule has 6 heteroatoms. The van der Waals surface area contributed by atoms with Crippen molar-refractivity contribution in [3.63, 3.8) is 0 Å². The lowest BCUT2D eigenvalue weighted by Crippen LogP contribution is -2.51. The maximum Gasteiger partial charge on any atom is 0.337 e. The summed E-state index contributed by atoms with van der Waals surface area (Å²) in [5.41, 5.74) is -1.64. The summed E-state index contributed by atoms with van der Waals surface area (Å²) in [6.07, 6.45) is 1.16. The molecule has 0 amide bonds. The molecule has 1 unspecified atom stereocenters. The Bertz CT molecular complexity index is 432. The van der Waals surface area contributed by atoms with E-state index in [1.54, 1.807) is 5.06 Å². The number of carbonyl (C=O) groups is 1. The van der Waals surface area contributed by atoms with Crippen molar-refractivity contribution in [1.29, 1.82) is 0 Å². The second kappa shape index (κ2) is 8.13. The number of nitrogens with zero attached hydrogens (tertiary/aromatic N) is 1. The van der Waals surface area contributed by atoms with Gasteiger partial charge in [-0.3, -0.25) is 4.84 Å². The Morgan fingerprint density at radius 3 is 1.83 bits per heavy atom. The Balaban J connectivity index is 5.95. The number of hydrogen-bond acceptors (Lipinski definition) is 4. The van der Waals surface area contributed by atoms with E-state index in [4.69, 9.17) is 4.84 Å². The molecule has 0 aliphatic heterocycles. The van der Waals surface area contributed by atoms with Crippen molar-refractivity contribution in [3.8, 4) is 0 Å². The lowest BCUT2D eigenvalue weighted by atomic mass is 9.95. The number of carboxylic acid groups (broad SMARTS) is 1. The van der Waals surface area contributed by atoms with Crippen molar-refractivity contribution in [2.75, 3.05) is 18.9 Å². The summed E-state index contributed by atoms with van der Waals surface area (Å²) in [7, 11) is -2.53. The molecule has 0 rings (SSSR count). The van der Waals surface area contributed by atoms with Gasteiger partial charge in [-0.1, -0.05) is 48.5 Å². The summed E-state index contributed by atoms with van der Waals surface area (Å²) in [6.45, 7) is 17.7. The van der Waals surface area contributed by atoms with Crippen LogP contribution in [0.1, 0.15) is 62.3 Å². The second-order valence-corrected chi connectivity index (χ2v) is 11.9. The molecule has 0 spiro atoms. The van der Waals surface area contributed by atoms with E-state index < -0.39 is 18.7 Å². The van der Waals surface area contributed by atoms with Crippen LogP contribution in [0.2, 0.25) is 0 Å². The lowest BCUT2D eigenvalue weighted by Gasteiger charge is -2.45. The summed E-state index contributed by atoms with van der Waals surface area (Å²) in [4.78, 5) is 17.4. The van der Waals surface area contributed by atoms with Crippen molar-refractivity contribution < 1.29 is 19.3 Å². The summed E-state index contributed by atoms with van der Waals surface area (Å²) < 4.78 is 13.5. The molecule has 5 nitrogen and oxygen atoms in total. The normalized spacial score (nSPS) is 15.3. The van der Waals surface area contributed by atoms with Crippen LogP contribution in [-0.4, -0.2) is 46.4 Å². The van der Waals surface area contributed by atoms with E-state index in [9.17, 15) is 14.5 Å². The van der Waals surface area contributed by atoms with Crippen molar-refractivity contribution in [2.45, 2.75) is 73.7 Å². The maximum absolute atomic E-state index is 13.5. The zero-order valence-electron chi connectivity index (χ0n) is 16.3. The molecule has 138 valence electrons. The standard InChI is InChI=1S/C17H36NO4P/c1-10-23(21,11-2)14(16(5,6)7)18(12-13(3)4)22-17(8,9)15(19)20/h13-14H,10-12H2,1-9H3,(H,19,20). The van der Waals surface area contributed by atoms with E-state index >= 15 is 0 Å². The monoisotopic (exact) mass is 349 g/mol. The number of aliphatic carboxylic acids is 1. The topological polar surface area (TPSA) is 66.8 Å². The number of rotatable bonds is 9. The molecular weight excluding hydrogens is 313 g/mol. The van der Waals surface area contributed by atoms with Crippen LogP contribution in [0.4, 0.5) is 0 Å². The van der Waals surface area contributed by atoms with Gasteiger partial charge in [0.05, 0.1) is 5.78 Å². The van der Waals surface area contributed by atoms with E-state index in [0.29, 0.717) is 18.9 Å². The van der Waals surface area contributed by atoms with Gasteiger partial charge >= 0.3 is 5.97 Å². The van der Waals surface area contributed by atoms with Crippen molar-refractivity contribution >= 4 is 13.1 Å². The lowest BCUT2D eigenvalue weighted by molar-refractivity contribution is -0.258. The van der Waals surface area contributed by atoms with E-state index in [1.807, 2.05) is 48.5 Å². The van der Waals surface area contributed by atoms with Gasteiger partial charge in [0.1, 0.15) is 7.14 Å². The maximum atomic E-state index is 13.5. The second-order valence-electron chi connectivity index (χ2n) is 8.22. The first-order valence-corrected chi connectivity index (χ1v) is 10.6. The minimum Gasteiger partial charge on any atom is -0.479 e. The van der Waals surface area contributed by atoms with Crippen LogP contribution in [0.25, 0.3) is 0 Å². The van der Waals surface area contributed by atoms with Crippen molar-refractivity contribution in [1.82, 2.24) is 5.06 Å². The van der Waals surface area contributed by atoms with E-state index in [1.165, 1.54) is 13.8 Å². The smallest absolute Gasteiger partial charge is 0.337 e. The fourth-order valence-corrected chi connectivity index (χ4v) is 5.98. The largest absolute Gasteiger partial charge is 0.479 e. The first-order valence-electron chi connectivity index (χ1n) is 8.48. The molecule has 0 radical (unpaired) electrons. The minimum absolute atomic E-state index is 0.270. The van der Waals surface area contributed by atoms with Crippen molar-refractivity contribution in [2.24, 2.45) is 11.3 Å². The fraction of sp³-hybridized carbons (Fsp3) is 0.941. The van der Waals surface area contributed by atoms with Crippen molar-refractivity contribution in [3.05, 3.63) is 0 Å². The first kappa shape index (κ1) is 22.6. The average molecular weight is 349 g/mol. The molecule has 0 saturated heterocycles. The molecule has 0 aromatic heterocycles. The van der Waals surface area contributed by atoms with Gasteiger partial charge in [0.2, 0.25) is 0 Å². The van der Waals surface area contributed by atoms with Crippen LogP contribution in [0.15, 0.2) is 0 Å². The Morgan fingerprint density at radius 2 is 1.57 bits per heavy atom. The first-order chi connectivity index (χ1) is 10.2. The van der Waals surface area contributed by atoms with Gasteiger partial charge in [-0.05, 0) is 37.5 Å². The molecule has 1 atom stereocenters. The SMILES string of the molecule is CCP(=O)(CC)C(N(CC(C)C)OC(C)(C)C(=O)O)C(C)(C)C. The Hall–Kier alpha value is -0.380. The van der Waals surface area contributed by atoms with Gasteiger partial charge in [0, 0.05) is 6.54 Å². The predicted molar refractivity (Wildman–Crippen MR) is 96.3 cm³/mol. The third-order valence-corrected chi connectivity index (χ3v) is 8.03. The molecule has 0 bridgehead atoms. The van der Waals surface area contributed by atoms with Crippen LogP contribution in [0, 0.1) is 11.3 Å². The van der Waals surface area contributed by atoms with Crippen LogP contribution in [0.5, 0.6) is 0 Å². The van der Waals surface area contributed by atoms with Crippen LogP contribution >= 0.6 is 7.14 Å². The van der Waals surface area contributed by atoms with Gasteiger partial charge in [-0.25, -0.2) is 4.79 Å². The van der Waals surface area contributed by atoms with Gasteiger partial charge in [0.25, 0.3) is 0 Å². The molecule has 0 aliphatic rings. The molecule has 0 aliphatic carbocycles. The zero-order chi connectivity index (χ0) is 18.6. The van der Waals surface area contributed by atoms with Gasteiger partial charge in [-0.15, -0.1) is 0 Å². The molecule has 0 fully saturated rings. The molecule has 23 heavy (non-hydrogen) atoms. The van der Waals surface area contributed by atoms with Gasteiger partial charge in [-0.2, -0.15) is 5.06 Å². The van der Waals surface area contributed by atoms with Gasteiger partial charge in [0.15, 0.2) is 5.60 Å². The van der Waals surface area contributed by atoms with Gasteiger partial charge < -0.3 is 9.67 Å².